The normalized spacial score (nSPS) is 12.4. The largest absolute Gasteiger partial charge is 0.480 e. The van der Waals surface area contributed by atoms with Crippen molar-refractivity contribution in [3.63, 3.8) is 0 Å². The maximum Gasteiger partial charge on any atom is 0.422 e. The van der Waals surface area contributed by atoms with Crippen LogP contribution < -0.4 is 14.8 Å². The number of ether oxygens (including phenoxy) is 2. The van der Waals surface area contributed by atoms with Crippen molar-refractivity contribution >= 4 is 11.9 Å². The molecule has 0 saturated carbocycles. The molecule has 0 aliphatic rings. The second kappa shape index (κ2) is 7.53. The summed E-state index contributed by atoms with van der Waals surface area (Å²) in [6, 6.07) is 4.43. The lowest BCUT2D eigenvalue weighted by Crippen LogP contribution is -2.40. The van der Waals surface area contributed by atoms with Crippen LogP contribution in [-0.2, 0) is 9.59 Å². The first-order valence-electron chi connectivity index (χ1n) is 6.12. The molecule has 0 unspecified atom stereocenters. The third-order valence-electron chi connectivity index (χ3n) is 2.35. The molecule has 122 valence electrons. The zero-order chi connectivity index (χ0) is 16.8. The Labute approximate surface area is 123 Å². The summed E-state index contributed by atoms with van der Waals surface area (Å²) < 4.78 is 46.0. The molecule has 0 aliphatic carbocycles. The molecule has 0 spiro atoms. The molecule has 1 amide bonds. The van der Waals surface area contributed by atoms with Crippen LogP contribution >= 0.6 is 0 Å². The Bertz CT molecular complexity index is 533. The quantitative estimate of drug-likeness (QED) is 0.797. The predicted octanol–water partition coefficient (Wildman–Crippen LogP) is 1.60. The van der Waals surface area contributed by atoms with Crippen LogP contribution in [0.1, 0.15) is 6.92 Å². The molecule has 0 radical (unpaired) electrons. The number of benzene rings is 1. The van der Waals surface area contributed by atoms with Crippen molar-refractivity contribution in [1.82, 2.24) is 5.32 Å². The van der Waals surface area contributed by atoms with Crippen LogP contribution in [0.4, 0.5) is 13.2 Å². The molecule has 0 fully saturated rings. The van der Waals surface area contributed by atoms with Crippen LogP contribution in [0.5, 0.6) is 11.5 Å². The van der Waals surface area contributed by atoms with Crippen molar-refractivity contribution < 1.29 is 37.3 Å². The monoisotopic (exact) mass is 321 g/mol. The van der Waals surface area contributed by atoms with Gasteiger partial charge < -0.3 is 19.9 Å². The van der Waals surface area contributed by atoms with Gasteiger partial charge in [-0.1, -0.05) is 12.1 Å². The Hall–Kier alpha value is -2.45. The van der Waals surface area contributed by atoms with Gasteiger partial charge in [0.05, 0.1) is 0 Å². The van der Waals surface area contributed by atoms with Gasteiger partial charge in [0.1, 0.15) is 6.04 Å². The molecular formula is C13H14F3NO5. The number of carboxylic acid groups (broad SMARTS) is 1. The first-order valence-corrected chi connectivity index (χ1v) is 6.12. The topological polar surface area (TPSA) is 84.9 Å². The Kier molecular flexibility index (Phi) is 6.02. The van der Waals surface area contributed by atoms with E-state index in [2.05, 4.69) is 10.1 Å². The number of halogens is 3. The molecule has 0 heterocycles. The molecule has 1 atom stereocenters. The SMILES string of the molecule is C[C@@H](NC(=O)COc1ccccc1OCC(F)(F)F)C(=O)O. The summed E-state index contributed by atoms with van der Waals surface area (Å²) in [5.41, 5.74) is 0. The van der Waals surface area contributed by atoms with E-state index < -0.39 is 37.3 Å². The lowest BCUT2D eigenvalue weighted by atomic mass is 10.3. The van der Waals surface area contributed by atoms with Gasteiger partial charge in [0.15, 0.2) is 24.7 Å². The summed E-state index contributed by atoms with van der Waals surface area (Å²) in [7, 11) is 0. The van der Waals surface area contributed by atoms with Crippen LogP contribution in [0.2, 0.25) is 0 Å². The van der Waals surface area contributed by atoms with Crippen molar-refractivity contribution in [3.8, 4) is 11.5 Å². The van der Waals surface area contributed by atoms with E-state index >= 15 is 0 Å². The summed E-state index contributed by atoms with van der Waals surface area (Å²) >= 11 is 0. The Balaban J connectivity index is 2.59. The summed E-state index contributed by atoms with van der Waals surface area (Å²) in [5, 5.41) is 10.8. The van der Waals surface area contributed by atoms with E-state index in [1.165, 1.54) is 31.2 Å². The Morgan fingerprint density at radius 2 is 1.77 bits per heavy atom. The number of para-hydroxylation sites is 2. The van der Waals surface area contributed by atoms with Gasteiger partial charge in [0.25, 0.3) is 5.91 Å². The van der Waals surface area contributed by atoms with Crippen LogP contribution in [0.25, 0.3) is 0 Å². The van der Waals surface area contributed by atoms with Crippen molar-refractivity contribution in [3.05, 3.63) is 24.3 Å². The number of nitrogens with one attached hydrogen (secondary N) is 1. The zero-order valence-electron chi connectivity index (χ0n) is 11.5. The number of aliphatic carboxylic acids is 1. The van der Waals surface area contributed by atoms with E-state index in [1.807, 2.05) is 0 Å². The number of carboxylic acids is 1. The van der Waals surface area contributed by atoms with Gasteiger partial charge >= 0.3 is 12.1 Å². The maximum atomic E-state index is 12.1. The standard InChI is InChI=1S/C13H14F3NO5/c1-8(12(19)20)17-11(18)6-21-9-4-2-3-5-10(9)22-7-13(14,15)16/h2-5,8H,6-7H2,1H3,(H,17,18)(H,19,20)/t8-/m1/s1. The smallest absolute Gasteiger partial charge is 0.422 e. The van der Waals surface area contributed by atoms with Crippen molar-refractivity contribution in [2.24, 2.45) is 0 Å². The predicted molar refractivity (Wildman–Crippen MR) is 68.7 cm³/mol. The van der Waals surface area contributed by atoms with Gasteiger partial charge in [-0.3, -0.25) is 9.59 Å². The molecule has 0 bridgehead atoms. The molecule has 0 aliphatic heterocycles. The third-order valence-corrected chi connectivity index (χ3v) is 2.35. The van der Waals surface area contributed by atoms with Gasteiger partial charge in [-0.15, -0.1) is 0 Å². The maximum absolute atomic E-state index is 12.1. The molecule has 0 aromatic heterocycles. The molecule has 2 N–H and O–H groups in total. The molecular weight excluding hydrogens is 307 g/mol. The van der Waals surface area contributed by atoms with Crippen LogP contribution in [-0.4, -0.2) is 42.4 Å². The molecule has 9 heteroatoms. The van der Waals surface area contributed by atoms with Gasteiger partial charge in [-0.2, -0.15) is 13.2 Å². The molecule has 1 rings (SSSR count). The minimum Gasteiger partial charge on any atom is -0.480 e. The highest BCUT2D eigenvalue weighted by molar-refractivity contribution is 5.84. The van der Waals surface area contributed by atoms with E-state index in [9.17, 15) is 22.8 Å². The number of amides is 1. The average molecular weight is 321 g/mol. The average Bonchev–Trinajstić information content (AvgIpc) is 2.42. The van der Waals surface area contributed by atoms with Crippen molar-refractivity contribution in [1.29, 1.82) is 0 Å². The molecule has 22 heavy (non-hydrogen) atoms. The second-order valence-electron chi connectivity index (χ2n) is 4.27. The lowest BCUT2D eigenvalue weighted by Gasteiger charge is -2.14. The minimum absolute atomic E-state index is 0.0510. The fourth-order valence-electron chi connectivity index (χ4n) is 1.34. The van der Waals surface area contributed by atoms with Gasteiger partial charge in [0.2, 0.25) is 0 Å². The van der Waals surface area contributed by atoms with Crippen LogP contribution in [0, 0.1) is 0 Å². The van der Waals surface area contributed by atoms with E-state index in [1.54, 1.807) is 0 Å². The molecule has 1 aromatic carbocycles. The summed E-state index contributed by atoms with van der Waals surface area (Å²) in [6.07, 6.45) is -4.50. The van der Waals surface area contributed by atoms with Crippen molar-refractivity contribution in [2.75, 3.05) is 13.2 Å². The molecule has 0 saturated heterocycles. The fourth-order valence-corrected chi connectivity index (χ4v) is 1.34. The first kappa shape index (κ1) is 17.6. The van der Waals surface area contributed by atoms with Crippen LogP contribution in [0.3, 0.4) is 0 Å². The van der Waals surface area contributed by atoms with E-state index in [4.69, 9.17) is 9.84 Å². The third kappa shape index (κ3) is 6.33. The molecule has 1 aromatic rings. The second-order valence-corrected chi connectivity index (χ2v) is 4.27. The number of alkyl halides is 3. The van der Waals surface area contributed by atoms with E-state index in [0.29, 0.717) is 0 Å². The van der Waals surface area contributed by atoms with Crippen molar-refractivity contribution in [2.45, 2.75) is 19.1 Å². The number of carbonyl (C=O) groups excluding carboxylic acids is 1. The summed E-state index contributed by atoms with van der Waals surface area (Å²) in [5.74, 6) is -2.16. The van der Waals surface area contributed by atoms with Gasteiger partial charge in [0, 0.05) is 0 Å². The van der Waals surface area contributed by atoms with Gasteiger partial charge in [-0.25, -0.2) is 0 Å². The number of hydrogen-bond acceptors (Lipinski definition) is 4. The molecule has 6 nitrogen and oxygen atoms in total. The van der Waals surface area contributed by atoms with Crippen LogP contribution in [0.15, 0.2) is 24.3 Å². The number of hydrogen-bond donors (Lipinski definition) is 2. The first-order chi connectivity index (χ1) is 10.2. The Morgan fingerprint density at radius 1 is 1.23 bits per heavy atom. The fraction of sp³-hybridized carbons (Fsp3) is 0.385. The highest BCUT2D eigenvalue weighted by Crippen LogP contribution is 2.28. The zero-order valence-corrected chi connectivity index (χ0v) is 11.5. The minimum atomic E-state index is -4.50. The van der Waals surface area contributed by atoms with E-state index in [-0.39, 0.29) is 11.5 Å². The summed E-state index contributed by atoms with van der Waals surface area (Å²) in [4.78, 5) is 22.0. The lowest BCUT2D eigenvalue weighted by molar-refractivity contribution is -0.153. The summed E-state index contributed by atoms with van der Waals surface area (Å²) in [6.45, 7) is -0.778. The number of rotatable bonds is 7. The van der Waals surface area contributed by atoms with E-state index in [0.717, 1.165) is 0 Å². The van der Waals surface area contributed by atoms with Gasteiger partial charge in [-0.05, 0) is 19.1 Å². The Morgan fingerprint density at radius 3 is 2.27 bits per heavy atom. The highest BCUT2D eigenvalue weighted by atomic mass is 19.4. The number of carbonyl (C=O) groups is 2. The highest BCUT2D eigenvalue weighted by Gasteiger charge is 2.29.